The average Bonchev–Trinajstić information content (AvgIpc) is 2.37. The first kappa shape index (κ1) is 14.2. The van der Waals surface area contributed by atoms with E-state index in [-0.39, 0.29) is 12.5 Å². The first-order valence-electron chi connectivity index (χ1n) is 5.71. The van der Waals surface area contributed by atoms with Crippen molar-refractivity contribution in [2.45, 2.75) is 6.42 Å². The molecular weight excluding hydrogens is 230 g/mol. The summed E-state index contributed by atoms with van der Waals surface area (Å²) < 4.78 is 4.86. The minimum absolute atomic E-state index is 0.0980. The summed E-state index contributed by atoms with van der Waals surface area (Å²) in [6.45, 7) is 1.48. The molecule has 1 amide bonds. The summed E-state index contributed by atoms with van der Waals surface area (Å²) in [6, 6.07) is 9.32. The van der Waals surface area contributed by atoms with Crippen molar-refractivity contribution >= 4 is 11.6 Å². The fourth-order valence-electron chi connectivity index (χ4n) is 1.38. The van der Waals surface area contributed by atoms with Gasteiger partial charge in [-0.05, 0) is 17.7 Å². The van der Waals surface area contributed by atoms with Crippen molar-refractivity contribution in [3.05, 3.63) is 29.8 Å². The van der Waals surface area contributed by atoms with Crippen LogP contribution in [0.25, 0.3) is 0 Å². The molecule has 0 unspecified atom stereocenters. The number of amides is 1. The topological polar surface area (TPSA) is 74.2 Å². The molecule has 2 N–H and O–H groups in total. The zero-order valence-electron chi connectivity index (χ0n) is 10.4. The molecule has 5 nitrogen and oxygen atoms in total. The van der Waals surface area contributed by atoms with Gasteiger partial charge in [0.25, 0.3) is 0 Å². The van der Waals surface area contributed by atoms with Crippen LogP contribution < -0.4 is 10.6 Å². The van der Waals surface area contributed by atoms with Gasteiger partial charge in [-0.3, -0.25) is 4.79 Å². The summed E-state index contributed by atoms with van der Waals surface area (Å²) in [6.07, 6.45) is 0.382. The second kappa shape index (κ2) is 8.23. The normalized spacial score (nSPS) is 9.78. The number of carbonyl (C=O) groups excluding carboxylic acids is 1. The Balaban J connectivity index is 2.33. The van der Waals surface area contributed by atoms with Gasteiger partial charge in [0.15, 0.2) is 0 Å². The van der Waals surface area contributed by atoms with Gasteiger partial charge in [-0.2, -0.15) is 5.26 Å². The average molecular weight is 247 g/mol. The fraction of sp³-hybridized carbons (Fsp3) is 0.385. The van der Waals surface area contributed by atoms with Crippen molar-refractivity contribution in [1.29, 1.82) is 5.26 Å². The Morgan fingerprint density at radius 2 is 2.11 bits per heavy atom. The minimum Gasteiger partial charge on any atom is -0.383 e. The van der Waals surface area contributed by atoms with Gasteiger partial charge in [-0.25, -0.2) is 0 Å². The number of hydrogen-bond donors (Lipinski definition) is 2. The summed E-state index contributed by atoms with van der Waals surface area (Å²) >= 11 is 0. The predicted octanol–water partition coefficient (Wildman–Crippen LogP) is 0.927. The van der Waals surface area contributed by atoms with Gasteiger partial charge < -0.3 is 15.4 Å². The van der Waals surface area contributed by atoms with E-state index in [1.807, 2.05) is 12.1 Å². The van der Waals surface area contributed by atoms with E-state index in [2.05, 4.69) is 16.7 Å². The van der Waals surface area contributed by atoms with Crippen molar-refractivity contribution in [3.63, 3.8) is 0 Å². The van der Waals surface area contributed by atoms with E-state index < -0.39 is 0 Å². The van der Waals surface area contributed by atoms with Gasteiger partial charge in [-0.15, -0.1) is 0 Å². The molecule has 0 bridgehead atoms. The molecule has 0 saturated heterocycles. The molecule has 0 aliphatic rings. The maximum atomic E-state index is 11.5. The van der Waals surface area contributed by atoms with Gasteiger partial charge >= 0.3 is 0 Å². The zero-order valence-corrected chi connectivity index (χ0v) is 10.4. The summed E-state index contributed by atoms with van der Waals surface area (Å²) in [4.78, 5) is 11.5. The molecular formula is C13H17N3O2. The Morgan fingerprint density at radius 3 is 2.72 bits per heavy atom. The molecule has 18 heavy (non-hydrogen) atoms. The molecule has 0 fully saturated rings. The lowest BCUT2D eigenvalue weighted by Crippen LogP contribution is -2.30. The SMILES string of the molecule is COCCNCC(=O)Nc1ccc(CC#N)cc1. The highest BCUT2D eigenvalue weighted by molar-refractivity contribution is 5.92. The second-order valence-corrected chi connectivity index (χ2v) is 3.75. The van der Waals surface area contributed by atoms with Gasteiger partial charge in [0.05, 0.1) is 25.6 Å². The van der Waals surface area contributed by atoms with Crippen LogP contribution >= 0.6 is 0 Å². The van der Waals surface area contributed by atoms with Crippen LogP contribution in [0.15, 0.2) is 24.3 Å². The summed E-state index contributed by atoms with van der Waals surface area (Å²) in [5, 5.41) is 14.3. The Morgan fingerprint density at radius 1 is 1.39 bits per heavy atom. The lowest BCUT2D eigenvalue weighted by Gasteiger charge is -2.06. The van der Waals surface area contributed by atoms with E-state index in [0.717, 1.165) is 11.3 Å². The number of benzene rings is 1. The number of nitrogens with zero attached hydrogens (tertiary/aromatic N) is 1. The van der Waals surface area contributed by atoms with Gasteiger partial charge in [0, 0.05) is 19.3 Å². The van der Waals surface area contributed by atoms with Gasteiger partial charge in [0.2, 0.25) is 5.91 Å². The lowest BCUT2D eigenvalue weighted by atomic mass is 10.1. The molecule has 0 radical (unpaired) electrons. The number of ether oxygens (including phenoxy) is 1. The molecule has 0 atom stereocenters. The largest absolute Gasteiger partial charge is 0.383 e. The number of hydrogen-bond acceptors (Lipinski definition) is 4. The first-order chi connectivity index (χ1) is 8.76. The molecule has 96 valence electrons. The number of nitrogens with one attached hydrogen (secondary N) is 2. The quantitative estimate of drug-likeness (QED) is 0.703. The third kappa shape index (κ3) is 5.43. The van der Waals surface area contributed by atoms with E-state index in [9.17, 15) is 4.79 Å². The Bertz CT molecular complexity index is 409. The molecule has 5 heteroatoms. The smallest absolute Gasteiger partial charge is 0.238 e. The molecule has 1 aromatic rings. The molecule has 0 saturated carbocycles. The van der Waals surface area contributed by atoms with Crippen LogP contribution in [0.3, 0.4) is 0 Å². The number of carbonyl (C=O) groups is 1. The monoisotopic (exact) mass is 247 g/mol. The summed E-state index contributed by atoms with van der Waals surface area (Å²) in [5.74, 6) is -0.0980. The predicted molar refractivity (Wildman–Crippen MR) is 69.1 cm³/mol. The van der Waals surface area contributed by atoms with Crippen LogP contribution in [-0.2, 0) is 16.0 Å². The third-order valence-electron chi connectivity index (χ3n) is 2.29. The van der Waals surface area contributed by atoms with E-state index >= 15 is 0 Å². The summed E-state index contributed by atoms with van der Waals surface area (Å²) in [5.41, 5.74) is 1.67. The number of rotatable bonds is 7. The van der Waals surface area contributed by atoms with Crippen LogP contribution in [0.4, 0.5) is 5.69 Å². The van der Waals surface area contributed by atoms with Crippen molar-refractivity contribution in [2.24, 2.45) is 0 Å². The molecule has 0 aliphatic carbocycles. The number of nitriles is 1. The first-order valence-corrected chi connectivity index (χ1v) is 5.71. The van der Waals surface area contributed by atoms with Crippen molar-refractivity contribution in [2.75, 3.05) is 32.1 Å². The van der Waals surface area contributed by atoms with E-state index in [4.69, 9.17) is 10.00 Å². The van der Waals surface area contributed by atoms with Crippen molar-refractivity contribution < 1.29 is 9.53 Å². The Hall–Kier alpha value is -1.90. The van der Waals surface area contributed by atoms with Crippen molar-refractivity contribution in [3.8, 4) is 6.07 Å². The van der Waals surface area contributed by atoms with Gasteiger partial charge in [-0.1, -0.05) is 12.1 Å². The molecule has 0 heterocycles. The summed E-state index contributed by atoms with van der Waals surface area (Å²) in [7, 11) is 1.62. The second-order valence-electron chi connectivity index (χ2n) is 3.75. The van der Waals surface area contributed by atoms with E-state index in [0.29, 0.717) is 19.6 Å². The fourth-order valence-corrected chi connectivity index (χ4v) is 1.38. The molecule has 1 aromatic carbocycles. The maximum Gasteiger partial charge on any atom is 0.238 e. The highest BCUT2D eigenvalue weighted by Crippen LogP contribution is 2.09. The standard InChI is InChI=1S/C13H17N3O2/c1-18-9-8-15-10-13(17)16-12-4-2-11(3-5-12)6-7-14/h2-5,15H,6,8-10H2,1H3,(H,16,17). The molecule has 1 rings (SSSR count). The van der Waals surface area contributed by atoms with Crippen LogP contribution in [0.5, 0.6) is 0 Å². The van der Waals surface area contributed by atoms with Crippen LogP contribution in [-0.4, -0.2) is 32.7 Å². The van der Waals surface area contributed by atoms with Crippen LogP contribution in [0.2, 0.25) is 0 Å². The van der Waals surface area contributed by atoms with Crippen molar-refractivity contribution in [1.82, 2.24) is 5.32 Å². The number of anilines is 1. The maximum absolute atomic E-state index is 11.5. The third-order valence-corrected chi connectivity index (χ3v) is 2.29. The lowest BCUT2D eigenvalue weighted by molar-refractivity contribution is -0.115. The zero-order chi connectivity index (χ0) is 13.2. The van der Waals surface area contributed by atoms with Crippen LogP contribution in [0.1, 0.15) is 5.56 Å². The van der Waals surface area contributed by atoms with E-state index in [1.54, 1.807) is 19.2 Å². The molecule has 0 aliphatic heterocycles. The van der Waals surface area contributed by atoms with Crippen LogP contribution in [0, 0.1) is 11.3 Å². The molecule has 0 spiro atoms. The van der Waals surface area contributed by atoms with Gasteiger partial charge in [0.1, 0.15) is 0 Å². The van der Waals surface area contributed by atoms with E-state index in [1.165, 1.54) is 0 Å². The Kier molecular flexibility index (Phi) is 6.47. The Labute approximate surface area is 107 Å². The number of methoxy groups -OCH3 is 1. The highest BCUT2D eigenvalue weighted by Gasteiger charge is 2.01. The highest BCUT2D eigenvalue weighted by atomic mass is 16.5. The minimum atomic E-state index is -0.0980. The molecule has 0 aromatic heterocycles.